The number of halogens is 3. The predicted octanol–water partition coefficient (Wildman–Crippen LogP) is 2.59. The summed E-state index contributed by atoms with van der Waals surface area (Å²) in [5.41, 5.74) is -0.158. The SMILES string of the molecule is CCCC(=O)N1CCn2c(nc3cc(C(F)(F)F)cnc32)C1. The topological polar surface area (TPSA) is 51.0 Å². The molecule has 0 bridgehead atoms. The molecule has 118 valence electrons. The molecule has 0 aliphatic carbocycles. The standard InChI is InChI=1S/C14H15F3N4O/c1-2-3-12(22)20-4-5-21-11(8-20)19-10-6-9(14(15,16)17)7-18-13(10)21/h6-7H,2-5,8H2,1H3. The molecule has 2 aromatic rings. The van der Waals surface area contributed by atoms with Crippen molar-refractivity contribution in [2.75, 3.05) is 6.54 Å². The molecule has 1 aliphatic rings. The van der Waals surface area contributed by atoms with E-state index in [1.807, 2.05) is 6.92 Å². The zero-order chi connectivity index (χ0) is 15.9. The molecule has 0 unspecified atom stereocenters. The Hall–Kier alpha value is -2.12. The highest BCUT2D eigenvalue weighted by atomic mass is 19.4. The maximum absolute atomic E-state index is 12.7. The van der Waals surface area contributed by atoms with Crippen LogP contribution in [0.15, 0.2) is 12.3 Å². The molecule has 22 heavy (non-hydrogen) atoms. The minimum atomic E-state index is -4.44. The van der Waals surface area contributed by atoms with E-state index in [9.17, 15) is 18.0 Å². The third-order valence-corrected chi connectivity index (χ3v) is 3.73. The number of pyridine rings is 1. The second-order valence-corrected chi connectivity index (χ2v) is 5.31. The van der Waals surface area contributed by atoms with Gasteiger partial charge in [0.25, 0.3) is 0 Å². The Morgan fingerprint density at radius 3 is 2.82 bits per heavy atom. The third-order valence-electron chi connectivity index (χ3n) is 3.73. The van der Waals surface area contributed by atoms with Gasteiger partial charge in [0.15, 0.2) is 5.65 Å². The molecule has 0 saturated heterocycles. The van der Waals surface area contributed by atoms with Gasteiger partial charge in [-0.1, -0.05) is 6.92 Å². The molecule has 3 rings (SSSR count). The lowest BCUT2D eigenvalue weighted by molar-refractivity contribution is -0.137. The molecule has 0 spiro atoms. The van der Waals surface area contributed by atoms with Gasteiger partial charge in [-0.2, -0.15) is 13.2 Å². The van der Waals surface area contributed by atoms with Gasteiger partial charge in [0.2, 0.25) is 5.91 Å². The van der Waals surface area contributed by atoms with Gasteiger partial charge >= 0.3 is 6.18 Å². The van der Waals surface area contributed by atoms with Gasteiger partial charge < -0.3 is 9.47 Å². The molecule has 1 amide bonds. The number of carbonyl (C=O) groups excluding carboxylic acids is 1. The average Bonchev–Trinajstić information content (AvgIpc) is 2.83. The molecule has 8 heteroatoms. The van der Waals surface area contributed by atoms with E-state index >= 15 is 0 Å². The molecule has 0 atom stereocenters. The smallest absolute Gasteiger partial charge is 0.333 e. The van der Waals surface area contributed by atoms with Crippen LogP contribution in [0.4, 0.5) is 13.2 Å². The molecule has 0 radical (unpaired) electrons. The molecule has 5 nitrogen and oxygen atoms in total. The number of carbonyl (C=O) groups is 1. The summed E-state index contributed by atoms with van der Waals surface area (Å²) in [7, 11) is 0. The van der Waals surface area contributed by atoms with Gasteiger partial charge in [0, 0.05) is 25.7 Å². The third kappa shape index (κ3) is 2.53. The highest BCUT2D eigenvalue weighted by Crippen LogP contribution is 2.31. The molecular weight excluding hydrogens is 297 g/mol. The first kappa shape index (κ1) is 14.8. The maximum Gasteiger partial charge on any atom is 0.417 e. The number of rotatable bonds is 2. The Bertz CT molecular complexity index is 723. The Labute approximate surface area is 124 Å². The van der Waals surface area contributed by atoms with Crippen molar-refractivity contribution >= 4 is 17.1 Å². The van der Waals surface area contributed by atoms with Crippen LogP contribution in [-0.2, 0) is 24.1 Å². The van der Waals surface area contributed by atoms with E-state index in [2.05, 4.69) is 9.97 Å². The van der Waals surface area contributed by atoms with Crippen LogP contribution in [0, 0.1) is 0 Å². The van der Waals surface area contributed by atoms with E-state index in [1.54, 1.807) is 9.47 Å². The minimum Gasteiger partial charge on any atom is -0.333 e. The summed E-state index contributed by atoms with van der Waals surface area (Å²) < 4.78 is 40.0. The van der Waals surface area contributed by atoms with Crippen LogP contribution in [0.3, 0.4) is 0 Å². The lowest BCUT2D eigenvalue weighted by atomic mass is 10.2. The molecule has 0 aromatic carbocycles. The Morgan fingerprint density at radius 2 is 2.14 bits per heavy atom. The summed E-state index contributed by atoms with van der Waals surface area (Å²) >= 11 is 0. The Balaban J connectivity index is 1.94. The lowest BCUT2D eigenvalue weighted by Crippen LogP contribution is -2.38. The molecule has 0 saturated carbocycles. The van der Waals surface area contributed by atoms with Crippen LogP contribution < -0.4 is 0 Å². The van der Waals surface area contributed by atoms with Gasteiger partial charge in [0.05, 0.1) is 12.1 Å². The van der Waals surface area contributed by atoms with Gasteiger partial charge in [0.1, 0.15) is 11.3 Å². The number of amides is 1. The summed E-state index contributed by atoms with van der Waals surface area (Å²) in [6, 6.07) is 1.01. The van der Waals surface area contributed by atoms with E-state index < -0.39 is 11.7 Å². The fourth-order valence-electron chi connectivity index (χ4n) is 2.62. The summed E-state index contributed by atoms with van der Waals surface area (Å²) in [5.74, 6) is 0.627. The maximum atomic E-state index is 12.7. The van der Waals surface area contributed by atoms with Crippen LogP contribution in [-0.4, -0.2) is 31.9 Å². The summed E-state index contributed by atoms with van der Waals surface area (Å²) in [4.78, 5) is 21.8. The number of nitrogens with zero attached hydrogens (tertiary/aromatic N) is 4. The van der Waals surface area contributed by atoms with Crippen molar-refractivity contribution < 1.29 is 18.0 Å². The van der Waals surface area contributed by atoms with Gasteiger partial charge in [-0.3, -0.25) is 4.79 Å². The highest BCUT2D eigenvalue weighted by Gasteiger charge is 2.32. The molecule has 3 heterocycles. The fraction of sp³-hybridized carbons (Fsp3) is 0.500. The van der Waals surface area contributed by atoms with Crippen molar-refractivity contribution in [3.05, 3.63) is 23.7 Å². The van der Waals surface area contributed by atoms with Gasteiger partial charge in [-0.15, -0.1) is 0 Å². The Morgan fingerprint density at radius 1 is 1.36 bits per heavy atom. The van der Waals surface area contributed by atoms with E-state index in [0.29, 0.717) is 37.5 Å². The van der Waals surface area contributed by atoms with E-state index in [0.717, 1.165) is 18.7 Å². The Kier molecular flexibility index (Phi) is 3.54. The summed E-state index contributed by atoms with van der Waals surface area (Å²) in [6.07, 6.45) is -2.38. The zero-order valence-corrected chi connectivity index (χ0v) is 12.0. The van der Waals surface area contributed by atoms with Crippen molar-refractivity contribution in [1.29, 1.82) is 0 Å². The first-order valence-electron chi connectivity index (χ1n) is 7.10. The zero-order valence-electron chi connectivity index (χ0n) is 12.0. The van der Waals surface area contributed by atoms with Crippen molar-refractivity contribution in [1.82, 2.24) is 19.4 Å². The lowest BCUT2D eigenvalue weighted by Gasteiger charge is -2.27. The largest absolute Gasteiger partial charge is 0.417 e. The molecular formula is C14H15F3N4O. The first-order valence-corrected chi connectivity index (χ1v) is 7.10. The van der Waals surface area contributed by atoms with Gasteiger partial charge in [-0.05, 0) is 12.5 Å². The number of alkyl halides is 3. The number of fused-ring (bicyclic) bond motifs is 3. The van der Waals surface area contributed by atoms with E-state index in [-0.39, 0.29) is 11.4 Å². The normalized spacial score (nSPS) is 15.2. The molecule has 0 fully saturated rings. The van der Waals surface area contributed by atoms with Crippen LogP contribution in [0.25, 0.3) is 11.2 Å². The van der Waals surface area contributed by atoms with Crippen molar-refractivity contribution in [2.24, 2.45) is 0 Å². The van der Waals surface area contributed by atoms with Crippen LogP contribution in [0.2, 0.25) is 0 Å². The van der Waals surface area contributed by atoms with Gasteiger partial charge in [-0.25, -0.2) is 9.97 Å². The molecule has 1 aliphatic heterocycles. The minimum absolute atomic E-state index is 0.0461. The van der Waals surface area contributed by atoms with E-state index in [4.69, 9.17) is 0 Å². The number of imidazole rings is 1. The van der Waals surface area contributed by atoms with Crippen LogP contribution in [0.5, 0.6) is 0 Å². The molecule has 0 N–H and O–H groups in total. The quantitative estimate of drug-likeness (QED) is 0.856. The van der Waals surface area contributed by atoms with Crippen molar-refractivity contribution in [3.63, 3.8) is 0 Å². The monoisotopic (exact) mass is 312 g/mol. The van der Waals surface area contributed by atoms with Crippen molar-refractivity contribution in [3.8, 4) is 0 Å². The average molecular weight is 312 g/mol. The van der Waals surface area contributed by atoms with Crippen LogP contribution >= 0.6 is 0 Å². The fourth-order valence-corrected chi connectivity index (χ4v) is 2.62. The summed E-state index contributed by atoms with van der Waals surface area (Å²) in [6.45, 7) is 3.27. The summed E-state index contributed by atoms with van der Waals surface area (Å²) in [5, 5.41) is 0. The number of hydrogen-bond donors (Lipinski definition) is 0. The van der Waals surface area contributed by atoms with Crippen LogP contribution in [0.1, 0.15) is 31.2 Å². The highest BCUT2D eigenvalue weighted by molar-refractivity contribution is 5.77. The van der Waals surface area contributed by atoms with E-state index in [1.165, 1.54) is 0 Å². The predicted molar refractivity (Wildman–Crippen MR) is 72.9 cm³/mol. The van der Waals surface area contributed by atoms with Crippen molar-refractivity contribution in [2.45, 2.75) is 39.0 Å². The second kappa shape index (κ2) is 5.26. The molecule has 2 aromatic heterocycles. The first-order chi connectivity index (χ1) is 10.4. The number of hydrogen-bond acceptors (Lipinski definition) is 3. The number of aromatic nitrogens is 3. The second-order valence-electron chi connectivity index (χ2n) is 5.31.